The van der Waals surface area contributed by atoms with Gasteiger partial charge in [0.05, 0.1) is 23.8 Å². The van der Waals surface area contributed by atoms with Crippen LogP contribution in [0.5, 0.6) is 0 Å². The Balaban J connectivity index is 2.49. The van der Waals surface area contributed by atoms with Crippen molar-refractivity contribution in [1.29, 1.82) is 0 Å². The lowest BCUT2D eigenvalue weighted by atomic mass is 10.1. The lowest BCUT2D eigenvalue weighted by Gasteiger charge is -2.09. The highest BCUT2D eigenvalue weighted by Crippen LogP contribution is 2.29. The van der Waals surface area contributed by atoms with Gasteiger partial charge < -0.3 is 9.47 Å². The van der Waals surface area contributed by atoms with Crippen LogP contribution in [0, 0.1) is 0 Å². The fourth-order valence-corrected chi connectivity index (χ4v) is 1.30. The van der Waals surface area contributed by atoms with Crippen molar-refractivity contribution in [1.82, 2.24) is 0 Å². The first kappa shape index (κ1) is 15.5. The Labute approximate surface area is 109 Å². The third kappa shape index (κ3) is 5.30. The van der Waals surface area contributed by atoms with Crippen molar-refractivity contribution < 1.29 is 27.4 Å². The molecule has 3 nitrogen and oxygen atoms in total. The predicted octanol–water partition coefficient (Wildman–Crippen LogP) is 3.29. The van der Waals surface area contributed by atoms with E-state index in [1.54, 1.807) is 0 Å². The normalized spacial score (nSPS) is 11.7. The standard InChI is InChI=1S/C13H15F3O3/c1-9(2)18-7-8-19-12(17)10-3-5-11(6-4-10)13(14,15)16/h3-6,9H,7-8H2,1-2H3. The van der Waals surface area contributed by atoms with Crippen molar-refractivity contribution >= 4 is 5.97 Å². The van der Waals surface area contributed by atoms with E-state index in [0.29, 0.717) is 0 Å². The maximum Gasteiger partial charge on any atom is 0.416 e. The number of alkyl halides is 3. The van der Waals surface area contributed by atoms with Gasteiger partial charge in [0.25, 0.3) is 0 Å². The zero-order valence-electron chi connectivity index (χ0n) is 10.7. The van der Waals surface area contributed by atoms with Crippen molar-refractivity contribution in [2.45, 2.75) is 26.1 Å². The number of ether oxygens (including phenoxy) is 2. The third-order valence-electron chi connectivity index (χ3n) is 2.22. The van der Waals surface area contributed by atoms with Crippen LogP contribution in [-0.4, -0.2) is 25.3 Å². The van der Waals surface area contributed by atoms with Gasteiger partial charge in [-0.2, -0.15) is 13.2 Å². The molecule has 0 radical (unpaired) electrons. The zero-order valence-corrected chi connectivity index (χ0v) is 10.7. The summed E-state index contributed by atoms with van der Waals surface area (Å²) in [6.45, 7) is 4.01. The quantitative estimate of drug-likeness (QED) is 0.611. The molecule has 1 aromatic rings. The Kier molecular flexibility index (Phi) is 5.35. The minimum Gasteiger partial charge on any atom is -0.460 e. The molecule has 0 unspecified atom stereocenters. The van der Waals surface area contributed by atoms with E-state index in [0.717, 1.165) is 24.3 Å². The highest BCUT2D eigenvalue weighted by atomic mass is 19.4. The number of halogens is 3. The number of hydrogen-bond acceptors (Lipinski definition) is 3. The molecule has 0 aliphatic carbocycles. The monoisotopic (exact) mass is 276 g/mol. The molecule has 1 rings (SSSR count). The number of esters is 1. The van der Waals surface area contributed by atoms with Crippen molar-refractivity contribution in [3.63, 3.8) is 0 Å². The van der Waals surface area contributed by atoms with Crippen LogP contribution in [0.15, 0.2) is 24.3 Å². The van der Waals surface area contributed by atoms with Gasteiger partial charge in [-0.15, -0.1) is 0 Å². The first-order valence-electron chi connectivity index (χ1n) is 5.76. The maximum absolute atomic E-state index is 12.3. The topological polar surface area (TPSA) is 35.5 Å². The molecular formula is C13H15F3O3. The van der Waals surface area contributed by atoms with Gasteiger partial charge in [-0.3, -0.25) is 0 Å². The average Bonchev–Trinajstić information content (AvgIpc) is 2.33. The molecule has 106 valence electrons. The number of carbonyl (C=O) groups is 1. The summed E-state index contributed by atoms with van der Waals surface area (Å²) >= 11 is 0. The summed E-state index contributed by atoms with van der Waals surface area (Å²) < 4.78 is 47.0. The van der Waals surface area contributed by atoms with Gasteiger partial charge in [-0.05, 0) is 38.1 Å². The van der Waals surface area contributed by atoms with Crippen molar-refractivity contribution in [3.8, 4) is 0 Å². The summed E-state index contributed by atoms with van der Waals surface area (Å²) in [6.07, 6.45) is -4.38. The molecule has 0 aliphatic heterocycles. The number of hydrogen-bond donors (Lipinski definition) is 0. The van der Waals surface area contributed by atoms with Crippen LogP contribution in [0.2, 0.25) is 0 Å². The molecular weight excluding hydrogens is 261 g/mol. The molecule has 0 aromatic heterocycles. The van der Waals surface area contributed by atoms with Gasteiger partial charge in [-0.25, -0.2) is 4.79 Å². The highest BCUT2D eigenvalue weighted by molar-refractivity contribution is 5.89. The molecule has 0 amide bonds. The Bertz CT molecular complexity index is 410. The van der Waals surface area contributed by atoms with Gasteiger partial charge >= 0.3 is 12.1 Å². The van der Waals surface area contributed by atoms with E-state index in [1.165, 1.54) is 0 Å². The van der Waals surface area contributed by atoms with E-state index >= 15 is 0 Å². The molecule has 0 aliphatic rings. The summed E-state index contributed by atoms with van der Waals surface area (Å²) in [5.41, 5.74) is -0.718. The molecule has 0 bridgehead atoms. The SMILES string of the molecule is CC(C)OCCOC(=O)c1ccc(C(F)(F)F)cc1. The zero-order chi connectivity index (χ0) is 14.5. The summed E-state index contributed by atoms with van der Waals surface area (Å²) in [5.74, 6) is -0.666. The molecule has 1 aromatic carbocycles. The van der Waals surface area contributed by atoms with Gasteiger partial charge in [-0.1, -0.05) is 0 Å². The molecule has 6 heteroatoms. The first-order chi connectivity index (χ1) is 8.80. The minimum absolute atomic E-state index is 0.0322. The predicted molar refractivity (Wildman–Crippen MR) is 62.8 cm³/mol. The second-order valence-corrected chi connectivity index (χ2v) is 4.13. The van der Waals surface area contributed by atoms with Crippen LogP contribution in [0.1, 0.15) is 29.8 Å². The smallest absolute Gasteiger partial charge is 0.416 e. The van der Waals surface area contributed by atoms with E-state index in [-0.39, 0.29) is 24.9 Å². The second kappa shape index (κ2) is 6.56. The Morgan fingerprint density at radius 1 is 1.16 bits per heavy atom. The summed E-state index contributed by atoms with van der Waals surface area (Å²) in [7, 11) is 0. The maximum atomic E-state index is 12.3. The van der Waals surface area contributed by atoms with Crippen LogP contribution in [-0.2, 0) is 15.7 Å². The fraction of sp³-hybridized carbons (Fsp3) is 0.462. The van der Waals surface area contributed by atoms with Gasteiger partial charge in [0.2, 0.25) is 0 Å². The first-order valence-corrected chi connectivity index (χ1v) is 5.76. The van der Waals surface area contributed by atoms with Crippen molar-refractivity contribution in [2.24, 2.45) is 0 Å². The van der Waals surface area contributed by atoms with Crippen LogP contribution >= 0.6 is 0 Å². The lowest BCUT2D eigenvalue weighted by Crippen LogP contribution is -2.14. The molecule has 0 fully saturated rings. The molecule has 19 heavy (non-hydrogen) atoms. The summed E-state index contributed by atoms with van der Waals surface area (Å²) in [6, 6.07) is 3.88. The third-order valence-corrected chi connectivity index (χ3v) is 2.22. The van der Waals surface area contributed by atoms with Gasteiger partial charge in [0.1, 0.15) is 6.61 Å². The molecule has 0 saturated heterocycles. The van der Waals surface area contributed by atoms with Crippen molar-refractivity contribution in [2.75, 3.05) is 13.2 Å². The summed E-state index contributed by atoms with van der Waals surface area (Å²) in [4.78, 5) is 11.5. The van der Waals surface area contributed by atoms with Gasteiger partial charge in [0.15, 0.2) is 0 Å². The Morgan fingerprint density at radius 3 is 2.21 bits per heavy atom. The molecule has 0 heterocycles. The number of carbonyl (C=O) groups excluding carboxylic acids is 1. The van der Waals surface area contributed by atoms with Gasteiger partial charge in [0, 0.05) is 0 Å². The largest absolute Gasteiger partial charge is 0.460 e. The molecule has 0 spiro atoms. The van der Waals surface area contributed by atoms with Crippen LogP contribution in [0.3, 0.4) is 0 Å². The Hall–Kier alpha value is -1.56. The van der Waals surface area contributed by atoms with E-state index in [4.69, 9.17) is 9.47 Å². The van der Waals surface area contributed by atoms with Crippen LogP contribution < -0.4 is 0 Å². The van der Waals surface area contributed by atoms with E-state index in [2.05, 4.69) is 0 Å². The molecule has 0 saturated carbocycles. The van der Waals surface area contributed by atoms with Crippen LogP contribution in [0.4, 0.5) is 13.2 Å². The van der Waals surface area contributed by atoms with E-state index in [1.807, 2.05) is 13.8 Å². The molecule has 0 atom stereocenters. The number of benzene rings is 1. The minimum atomic E-state index is -4.41. The molecule has 0 N–H and O–H groups in total. The highest BCUT2D eigenvalue weighted by Gasteiger charge is 2.30. The lowest BCUT2D eigenvalue weighted by molar-refractivity contribution is -0.137. The number of rotatable bonds is 5. The van der Waals surface area contributed by atoms with E-state index < -0.39 is 17.7 Å². The average molecular weight is 276 g/mol. The van der Waals surface area contributed by atoms with E-state index in [9.17, 15) is 18.0 Å². The van der Waals surface area contributed by atoms with Crippen LogP contribution in [0.25, 0.3) is 0 Å². The fourth-order valence-electron chi connectivity index (χ4n) is 1.30. The summed E-state index contributed by atoms with van der Waals surface area (Å²) in [5, 5.41) is 0. The Morgan fingerprint density at radius 2 is 1.74 bits per heavy atom. The second-order valence-electron chi connectivity index (χ2n) is 4.13. The van der Waals surface area contributed by atoms with Crippen molar-refractivity contribution in [3.05, 3.63) is 35.4 Å².